The van der Waals surface area contributed by atoms with E-state index in [4.69, 9.17) is 0 Å². The molecule has 0 aromatic heterocycles. The zero-order valence-electron chi connectivity index (χ0n) is 14.3. The molecule has 0 amide bonds. The summed E-state index contributed by atoms with van der Waals surface area (Å²) in [6.45, 7) is 3.30. The van der Waals surface area contributed by atoms with Crippen LogP contribution in [0.3, 0.4) is 0 Å². The van der Waals surface area contributed by atoms with Crippen molar-refractivity contribution in [3.8, 4) is 0 Å². The molecule has 0 bridgehead atoms. The third kappa shape index (κ3) is 2.86. The normalized spacial score (nSPS) is 26.7. The Labute approximate surface area is 160 Å². The Balaban J connectivity index is 1.89. The first-order valence-electron chi connectivity index (χ1n) is 8.46. The van der Waals surface area contributed by atoms with Gasteiger partial charge in [0.25, 0.3) is 0 Å². The minimum atomic E-state index is -2.27. The molecule has 2 fully saturated rings. The van der Waals surface area contributed by atoms with Gasteiger partial charge in [-0.3, -0.25) is 0 Å². The molecule has 25 heavy (non-hydrogen) atoms. The maximum Gasteiger partial charge on any atom is 0.145 e. The highest BCUT2D eigenvalue weighted by Gasteiger charge is 2.43. The number of hydrogen-bond acceptors (Lipinski definition) is 2. The van der Waals surface area contributed by atoms with Crippen LogP contribution in [0.4, 0.5) is 14.5 Å². The number of alkyl halides is 1. The molecule has 0 unspecified atom stereocenters. The first-order chi connectivity index (χ1) is 11.8. The largest absolute Gasteiger partial charge is 0.391 e. The van der Waals surface area contributed by atoms with Crippen LogP contribution in [0.5, 0.6) is 0 Å². The van der Waals surface area contributed by atoms with E-state index in [1.165, 1.54) is 0 Å². The lowest BCUT2D eigenvalue weighted by atomic mass is 9.84. The van der Waals surface area contributed by atoms with Gasteiger partial charge in [-0.25, -0.2) is 8.78 Å². The highest BCUT2D eigenvalue weighted by atomic mass is 127. The van der Waals surface area contributed by atoms with Gasteiger partial charge in [-0.05, 0) is 48.2 Å². The predicted molar refractivity (Wildman–Crippen MR) is 123 cm³/mol. The number of β-amino-alcohol motifs (C(OH)–C–C–N with tert-alkyl or cyclic N) is 1. The monoisotopic (exact) mass is 573 g/mol. The van der Waals surface area contributed by atoms with Crippen LogP contribution >= 0.6 is 37.7 Å². The van der Waals surface area contributed by atoms with E-state index in [1.54, 1.807) is 6.07 Å². The molecule has 1 N–H and O–H groups in total. The van der Waals surface area contributed by atoms with Gasteiger partial charge in [0.05, 0.1) is 6.10 Å². The van der Waals surface area contributed by atoms with Gasteiger partial charge in [0.15, 0.2) is 0 Å². The van der Waals surface area contributed by atoms with Crippen molar-refractivity contribution in [2.24, 2.45) is 0 Å². The first kappa shape index (κ1) is 18.2. The Bertz CT molecular complexity index is 920. The summed E-state index contributed by atoms with van der Waals surface area (Å²) in [6.07, 6.45) is 2.43. The zero-order chi connectivity index (χ0) is 17.9. The molecule has 2 nitrogen and oxygen atoms in total. The Kier molecular flexibility index (Phi) is 4.68. The molecular weight excluding hydrogens is 550 g/mol. The van der Waals surface area contributed by atoms with Crippen molar-refractivity contribution in [2.45, 2.75) is 44.4 Å². The summed E-state index contributed by atoms with van der Waals surface area (Å²) in [5.41, 5.74) is 0.564. The Hall–Kier alpha value is -0.220. The molecule has 3 aliphatic rings. The van der Waals surface area contributed by atoms with Crippen molar-refractivity contribution in [3.05, 3.63) is 27.1 Å². The van der Waals surface area contributed by atoms with Gasteiger partial charge in [0.2, 0.25) is 0 Å². The molecule has 1 aliphatic carbocycles. The second-order valence-electron chi connectivity index (χ2n) is 7.01. The number of fused-ring (bicyclic) bond motifs is 1. The molecule has 2 heterocycles. The molecule has 1 aromatic rings. The smallest absolute Gasteiger partial charge is 0.145 e. The average molecular weight is 573 g/mol. The number of nitrogens with zero attached hydrogens (tertiary/aromatic N) is 1. The van der Waals surface area contributed by atoms with E-state index < -0.39 is 43.4 Å². The molecule has 138 valence electrons. The third-order valence-corrected chi connectivity index (χ3v) is 21.1. The predicted octanol–water partition coefficient (Wildman–Crippen LogP) is 4.02. The van der Waals surface area contributed by atoms with Crippen LogP contribution in [-0.4, -0.2) is 44.0 Å². The minimum absolute atomic E-state index is 0.238. The number of rotatable bonds is 2. The summed E-state index contributed by atoms with van der Waals surface area (Å²) in [5.74, 6) is -0.238. The van der Waals surface area contributed by atoms with Crippen molar-refractivity contribution >= 4 is 57.5 Å². The van der Waals surface area contributed by atoms with Gasteiger partial charge in [0, 0.05) is 29.4 Å². The molecule has 1 aromatic carbocycles. The summed E-state index contributed by atoms with van der Waals surface area (Å²) in [4.78, 5) is 2.03. The number of halogens is 4. The molecule has 0 spiro atoms. The number of hydrogen-bond donors (Lipinski definition) is 1. The number of aliphatic hydroxyl groups excluding tert-OH is 1. The van der Waals surface area contributed by atoms with Crippen LogP contribution < -0.4 is 4.90 Å². The van der Waals surface area contributed by atoms with Gasteiger partial charge in [0.1, 0.15) is 11.5 Å². The van der Waals surface area contributed by atoms with Crippen molar-refractivity contribution in [1.29, 1.82) is 0 Å². The third-order valence-electron chi connectivity index (χ3n) is 5.37. The fourth-order valence-electron chi connectivity index (χ4n) is 3.74. The van der Waals surface area contributed by atoms with Crippen LogP contribution in [0, 0.1) is 9.39 Å². The van der Waals surface area contributed by atoms with E-state index in [2.05, 4.69) is 9.03 Å². The van der Waals surface area contributed by atoms with Gasteiger partial charge >= 0.3 is 0 Å². The Morgan fingerprint density at radius 1 is 1.28 bits per heavy atom. The lowest BCUT2D eigenvalue weighted by Crippen LogP contribution is -2.38. The summed E-state index contributed by atoms with van der Waals surface area (Å²) in [6, 6.07) is 3.61. The van der Waals surface area contributed by atoms with Crippen molar-refractivity contribution < 1.29 is 13.9 Å². The second-order valence-corrected chi connectivity index (χ2v) is 18.1. The first-order valence-corrected chi connectivity index (χ1v) is 15.8. The highest BCUT2D eigenvalue weighted by Crippen LogP contribution is 2.51. The van der Waals surface area contributed by atoms with E-state index in [0.717, 1.165) is 29.2 Å². The number of aliphatic hydroxyl groups is 1. The Morgan fingerprint density at radius 2 is 2.00 bits per heavy atom. The Morgan fingerprint density at radius 3 is 2.56 bits per heavy atom. The summed E-state index contributed by atoms with van der Waals surface area (Å²) in [5, 5.41) is 9.77. The summed E-state index contributed by atoms with van der Waals surface area (Å²) in [7, 11) is 0. The standard InChI is InChI=1S/C19H23F2I2NO/c1-12-15-9-13(24-8-5-14(25)11-24)10-16(20)17(15)23(3)18(22(12)2)19(21)6-4-7-19/h9-10,14,25H,2-8,11H2,1H3/t14-/m1/s1. The van der Waals surface area contributed by atoms with Crippen LogP contribution in [-0.2, 0) is 0 Å². The van der Waals surface area contributed by atoms with Crippen LogP contribution in [0.25, 0.3) is 0 Å². The lowest BCUT2D eigenvalue weighted by molar-refractivity contribution is 0.150. The van der Waals surface area contributed by atoms with E-state index in [9.17, 15) is 5.11 Å². The van der Waals surface area contributed by atoms with Crippen LogP contribution in [0.15, 0.2) is 12.1 Å². The highest BCUT2D eigenvalue weighted by molar-refractivity contribution is 14.3. The van der Waals surface area contributed by atoms with Gasteiger partial charge in [-0.1, -0.05) is 9.03 Å². The van der Waals surface area contributed by atoms with Gasteiger partial charge in [-0.2, -0.15) is 0 Å². The molecule has 6 heteroatoms. The topological polar surface area (TPSA) is 23.5 Å². The summed E-state index contributed by atoms with van der Waals surface area (Å²) < 4.78 is 41.8. The molecule has 1 saturated carbocycles. The van der Waals surface area contributed by atoms with Crippen molar-refractivity contribution in [3.63, 3.8) is 0 Å². The van der Waals surface area contributed by atoms with Crippen LogP contribution in [0.2, 0.25) is 0 Å². The number of anilines is 1. The molecule has 4 rings (SSSR count). The number of benzene rings is 1. The fourth-order valence-corrected chi connectivity index (χ4v) is 20.0. The van der Waals surface area contributed by atoms with E-state index in [-0.39, 0.29) is 11.9 Å². The molecular formula is C19H23F2I2NO. The quantitative estimate of drug-likeness (QED) is 0.541. The minimum Gasteiger partial charge on any atom is -0.391 e. The van der Waals surface area contributed by atoms with Gasteiger partial charge < -0.3 is 10.0 Å². The molecule has 0 radical (unpaired) electrons. The maximum absolute atomic E-state index is 15.2. The van der Waals surface area contributed by atoms with Gasteiger partial charge in [-0.15, -0.1) is 37.7 Å². The van der Waals surface area contributed by atoms with E-state index in [0.29, 0.717) is 29.4 Å². The zero-order valence-corrected chi connectivity index (χ0v) is 18.6. The lowest BCUT2D eigenvalue weighted by Gasteiger charge is -2.38. The van der Waals surface area contributed by atoms with Crippen molar-refractivity contribution in [1.82, 2.24) is 0 Å². The fraction of sp³-hybridized carbons (Fsp3) is 0.474. The molecule has 2 aliphatic heterocycles. The average Bonchev–Trinajstić information content (AvgIpc) is 2.97. The molecule has 1 atom stereocenters. The SMILES string of the molecule is C=I1=C(C)c2cc(N3CC[C@@H](O)C3)cc(F)c2I(=C)=C1C1(F)CCC1. The van der Waals surface area contributed by atoms with Crippen molar-refractivity contribution in [2.75, 3.05) is 18.0 Å². The van der Waals surface area contributed by atoms with Crippen LogP contribution in [0.1, 0.15) is 38.2 Å². The summed E-state index contributed by atoms with van der Waals surface area (Å²) >= 11 is -4.27. The van der Waals surface area contributed by atoms with E-state index in [1.807, 2.05) is 17.9 Å². The second kappa shape index (κ2) is 6.44. The van der Waals surface area contributed by atoms with E-state index >= 15 is 8.78 Å². The maximum atomic E-state index is 15.2. The molecule has 1 saturated heterocycles.